The third kappa shape index (κ3) is 16.1. The number of hydrogen-bond donors (Lipinski definition) is 7. The predicted octanol–water partition coefficient (Wildman–Crippen LogP) is 11.7. The number of carboxylic acids is 1. The molecular weight excluding hydrogens is 1290 g/mol. The number of amides is 3. The van der Waals surface area contributed by atoms with Crippen molar-refractivity contribution in [1.82, 2.24) is 35.0 Å². The van der Waals surface area contributed by atoms with Crippen molar-refractivity contribution >= 4 is 92.4 Å². The van der Waals surface area contributed by atoms with Crippen LogP contribution in [0.5, 0.6) is 23.0 Å². The molecule has 20 nitrogen and oxygen atoms in total. The Morgan fingerprint density at radius 1 is 0.775 bits per heavy atom. The number of rotatable bonds is 16. The van der Waals surface area contributed by atoms with E-state index in [-0.39, 0.29) is 59.4 Å². The Labute approximate surface area is 539 Å². The topological polar surface area (TPSA) is 250 Å². The molecule has 1 atom stereocenters. The lowest BCUT2D eigenvalue weighted by molar-refractivity contribution is -0.120. The van der Waals surface area contributed by atoms with Gasteiger partial charge in [0.05, 0.1) is 53.1 Å². The molecule has 0 aliphatic carbocycles. The van der Waals surface area contributed by atoms with Crippen LogP contribution in [-0.4, -0.2) is 144 Å². The fourth-order valence-corrected chi connectivity index (χ4v) is 11.7. The number of likely N-dealkylation sites (tertiary alicyclic amines) is 1. The minimum absolute atomic E-state index is 0.0211. The number of piperidine rings is 1. The quantitative estimate of drug-likeness (QED) is 0.0351. The number of phenols is 4. The average molecular weight is 1360 g/mol. The summed E-state index contributed by atoms with van der Waals surface area (Å²) in [6.45, 7) is 13.3. The number of phenolic OH excluding ortho intramolecular Hbond substituents is 3. The molecular formula is C66H69Cl2IN10O10. The van der Waals surface area contributed by atoms with E-state index in [1.54, 1.807) is 87.4 Å². The van der Waals surface area contributed by atoms with Crippen LogP contribution in [0.2, 0.25) is 10.0 Å². The molecule has 1 unspecified atom stereocenters. The van der Waals surface area contributed by atoms with Crippen molar-refractivity contribution in [2.45, 2.75) is 59.2 Å². The predicted molar refractivity (Wildman–Crippen MR) is 352 cm³/mol. The Bertz CT molecular complexity index is 3830. The summed E-state index contributed by atoms with van der Waals surface area (Å²) in [5, 5.41) is 59.4. The van der Waals surface area contributed by atoms with E-state index in [4.69, 9.17) is 27.9 Å². The summed E-state index contributed by atoms with van der Waals surface area (Å²) in [5.41, 5.74) is 9.28. The summed E-state index contributed by atoms with van der Waals surface area (Å²) in [6, 6.07) is 39.4. The molecule has 2 fully saturated rings. The lowest BCUT2D eigenvalue weighted by Gasteiger charge is -2.38. The van der Waals surface area contributed by atoms with Crippen LogP contribution in [-0.2, 0) is 22.6 Å². The zero-order chi connectivity index (χ0) is 63.3. The number of nitrogens with zero attached hydrogens (tertiary/aromatic N) is 8. The van der Waals surface area contributed by atoms with Gasteiger partial charge in [-0.1, -0.05) is 85.9 Å². The number of para-hydroxylation sites is 2. The van der Waals surface area contributed by atoms with Crippen molar-refractivity contribution in [3.05, 3.63) is 193 Å². The number of fused-ring (bicyclic) bond motifs is 2. The van der Waals surface area contributed by atoms with E-state index >= 15 is 0 Å². The number of carbonyl (C=O) groups excluding carboxylic acids is 3. The van der Waals surface area contributed by atoms with E-state index < -0.39 is 5.97 Å². The first-order valence-electron chi connectivity index (χ1n) is 29.1. The highest BCUT2D eigenvalue weighted by atomic mass is 127. The van der Waals surface area contributed by atoms with Gasteiger partial charge in [-0.2, -0.15) is 5.10 Å². The first kappa shape index (κ1) is 65.2. The molecule has 23 heteroatoms. The van der Waals surface area contributed by atoms with Crippen LogP contribution in [0.25, 0.3) is 16.9 Å². The molecule has 89 heavy (non-hydrogen) atoms. The molecule has 0 spiro atoms. The second-order valence-corrected chi connectivity index (χ2v) is 23.5. The van der Waals surface area contributed by atoms with E-state index in [9.17, 15) is 44.7 Å². The van der Waals surface area contributed by atoms with Crippen molar-refractivity contribution in [2.75, 3.05) is 74.1 Å². The molecule has 2 aromatic heterocycles. The van der Waals surface area contributed by atoms with Crippen LogP contribution in [0.15, 0.2) is 146 Å². The lowest BCUT2D eigenvalue weighted by atomic mass is 10.0. The van der Waals surface area contributed by atoms with Crippen LogP contribution in [0.3, 0.4) is 0 Å². The Morgan fingerprint density at radius 3 is 2.21 bits per heavy atom. The molecule has 8 aromatic rings. The van der Waals surface area contributed by atoms with Gasteiger partial charge < -0.3 is 45.4 Å². The minimum atomic E-state index is -1.28. The Hall–Kier alpha value is -8.29. The van der Waals surface area contributed by atoms with E-state index in [1.807, 2.05) is 54.4 Å². The maximum absolute atomic E-state index is 13.7. The van der Waals surface area contributed by atoms with Gasteiger partial charge in [0.2, 0.25) is 5.91 Å². The first-order chi connectivity index (χ1) is 42.9. The fraction of sp³-hybridized carbons (Fsp3) is 0.273. The van der Waals surface area contributed by atoms with Crippen molar-refractivity contribution in [2.24, 2.45) is 0 Å². The maximum atomic E-state index is 13.7. The smallest absolute Gasteiger partial charge is 0.339 e. The molecule has 3 amide bonds. The highest BCUT2D eigenvalue weighted by molar-refractivity contribution is 14.1. The third-order valence-electron chi connectivity index (χ3n) is 15.6. The van der Waals surface area contributed by atoms with Gasteiger partial charge in [0.25, 0.3) is 11.8 Å². The zero-order valence-electron chi connectivity index (χ0n) is 49.3. The molecule has 464 valence electrons. The maximum Gasteiger partial charge on any atom is 0.339 e. The van der Waals surface area contributed by atoms with Gasteiger partial charge in [0.1, 0.15) is 28.6 Å². The summed E-state index contributed by atoms with van der Waals surface area (Å²) in [7, 11) is 0. The minimum Gasteiger partial charge on any atom is -0.508 e. The molecule has 2 saturated heterocycles. The zero-order valence-corrected chi connectivity index (χ0v) is 53.0. The van der Waals surface area contributed by atoms with Crippen LogP contribution in [0.1, 0.15) is 81.0 Å². The molecule has 3 aliphatic rings. The number of benzene rings is 6. The standard InChI is InChI=1S/C24H31N5O2.C21H19Cl2IN4O2.C21H19NO6/c1-3-27(4-2)16-18-10-7-8-15-28(18)17-22(30)29-21-13-6-5-11-19(21)24(31)26-20-12-9-14-25-23(20)29;1-13-19(21(29)26-27-8-10-30-11-9-27)25-28(18-7-4-15(22)12-17(18)23)20(13)14-2-5-16(24)6-3-14;23-16-6-8-19(25)14(9-16)12-22(11-13-3-1-2-4-18(13)24)15-5-7-20(26)17(10-15)21(27)28/h5-6,9,11-14,18H,3-4,7-8,10,15-17H2,1-2H3,(H,26,31);2-7,12H,8-11H2,1H3,(H,26,29);1-10,23-26H,11-12H2,(H,27,28). The number of anilines is 4. The number of ether oxygens (including phenoxy) is 1. The first-order valence-corrected chi connectivity index (χ1v) is 30.9. The summed E-state index contributed by atoms with van der Waals surface area (Å²) in [4.78, 5) is 63.4. The second kappa shape index (κ2) is 30.3. The number of carbonyl (C=O) groups is 4. The number of aromatic hydroxyl groups is 4. The molecule has 11 rings (SSSR count). The Balaban J connectivity index is 0.000000159. The number of aromatic carboxylic acids is 1. The fourth-order valence-electron chi connectivity index (χ4n) is 10.8. The summed E-state index contributed by atoms with van der Waals surface area (Å²) in [5.74, 6) is -1.68. The monoisotopic (exact) mass is 1360 g/mol. The molecule has 0 saturated carbocycles. The normalized spacial score (nSPS) is 14.8. The number of aromatic nitrogens is 3. The van der Waals surface area contributed by atoms with Crippen LogP contribution >= 0.6 is 45.8 Å². The summed E-state index contributed by atoms with van der Waals surface area (Å²) < 4.78 is 8.18. The molecule has 0 radical (unpaired) electrons. The van der Waals surface area contributed by atoms with Gasteiger partial charge in [0.15, 0.2) is 11.5 Å². The number of halogens is 3. The largest absolute Gasteiger partial charge is 0.508 e. The van der Waals surface area contributed by atoms with Gasteiger partial charge in [-0.15, -0.1) is 0 Å². The molecule has 6 aromatic carbocycles. The summed E-state index contributed by atoms with van der Waals surface area (Å²) in [6.07, 6.45) is 5.07. The van der Waals surface area contributed by atoms with Gasteiger partial charge >= 0.3 is 5.97 Å². The number of hydrogen-bond acceptors (Lipinski definition) is 15. The molecule has 3 aliphatic heterocycles. The highest BCUT2D eigenvalue weighted by Crippen LogP contribution is 2.38. The number of hydrazine groups is 1. The number of likely N-dealkylation sites (N-methyl/N-ethyl adjacent to an activating group) is 1. The Morgan fingerprint density at radius 2 is 1.48 bits per heavy atom. The number of pyridine rings is 1. The molecule has 7 N–H and O–H groups in total. The van der Waals surface area contributed by atoms with Crippen LogP contribution in [0.4, 0.5) is 22.9 Å². The Kier molecular flexibility index (Phi) is 22.2. The third-order valence-corrected chi connectivity index (χ3v) is 16.8. The van der Waals surface area contributed by atoms with E-state index in [0.717, 1.165) is 59.4 Å². The van der Waals surface area contributed by atoms with Crippen LogP contribution in [0, 0.1) is 10.5 Å². The van der Waals surface area contributed by atoms with E-state index in [1.165, 1.54) is 36.8 Å². The lowest BCUT2D eigenvalue weighted by Crippen LogP contribution is -2.50. The van der Waals surface area contributed by atoms with E-state index in [2.05, 4.69) is 67.1 Å². The average Bonchev–Trinajstić information content (AvgIpc) is 1.74. The molecule has 5 heterocycles. The van der Waals surface area contributed by atoms with E-state index in [0.29, 0.717) is 99.9 Å². The van der Waals surface area contributed by atoms with Gasteiger partial charge in [-0.25, -0.2) is 19.5 Å². The van der Waals surface area contributed by atoms with Crippen molar-refractivity contribution in [1.29, 1.82) is 0 Å². The van der Waals surface area contributed by atoms with Gasteiger partial charge in [0, 0.05) is 81.5 Å². The summed E-state index contributed by atoms with van der Waals surface area (Å²) >= 11 is 14.8. The second-order valence-electron chi connectivity index (χ2n) is 21.4. The van der Waals surface area contributed by atoms with Gasteiger partial charge in [-0.05, 0) is 159 Å². The number of morpholine rings is 1. The SMILES string of the molecule is CCN(CC)CC1CCCCN1CC(=O)N1c2ccccc2C(=O)Nc2cccnc21.Cc1c(C(=O)NN2CCOCC2)nn(-c2ccc(Cl)cc2Cl)c1-c1ccc(I)cc1.O=C(O)c1cc(N(Cc2ccccc2O)Cc2cc(O)ccc2O)ccc1O. The van der Waals surface area contributed by atoms with Gasteiger partial charge in [-0.3, -0.25) is 29.6 Å². The van der Waals surface area contributed by atoms with Crippen molar-refractivity contribution in [3.8, 4) is 39.9 Å². The van der Waals surface area contributed by atoms with Crippen molar-refractivity contribution < 1.29 is 49.4 Å². The van der Waals surface area contributed by atoms with Crippen molar-refractivity contribution in [3.63, 3.8) is 0 Å². The number of nitrogens with one attached hydrogen (secondary N) is 2. The number of carboxylic acid groups (broad SMARTS) is 1. The van der Waals surface area contributed by atoms with Crippen LogP contribution < -0.4 is 20.5 Å². The molecule has 0 bridgehead atoms. The highest BCUT2D eigenvalue weighted by Gasteiger charge is 2.34.